The van der Waals surface area contributed by atoms with Crippen LogP contribution in [0.3, 0.4) is 0 Å². The van der Waals surface area contributed by atoms with Crippen molar-refractivity contribution in [2.24, 2.45) is 0 Å². The standard InChI is InChI=1S/C23H24N4O4/c1-15-5-7-16(8-6-15)23(2)21(30)27(22(31)25-23)14-19(28)24-17-9-11-18(12-10-17)26-13-3-4-20(26)29/h5-12H,3-4,13-14H2,1-2H3,(H,24,28)(H,25,31)/t23-/m0/s1. The summed E-state index contributed by atoms with van der Waals surface area (Å²) in [6.45, 7) is 3.87. The lowest BCUT2D eigenvalue weighted by Crippen LogP contribution is -2.42. The van der Waals surface area contributed by atoms with Gasteiger partial charge in [0.05, 0.1) is 0 Å². The van der Waals surface area contributed by atoms with E-state index in [1.165, 1.54) is 0 Å². The molecule has 0 spiro atoms. The van der Waals surface area contributed by atoms with Crippen LogP contribution in [0.4, 0.5) is 16.2 Å². The summed E-state index contributed by atoms with van der Waals surface area (Å²) in [5, 5.41) is 5.40. The number of nitrogens with zero attached hydrogens (tertiary/aromatic N) is 2. The number of benzene rings is 2. The van der Waals surface area contributed by atoms with E-state index in [1.54, 1.807) is 48.2 Å². The van der Waals surface area contributed by atoms with Gasteiger partial charge in [0.15, 0.2) is 0 Å². The van der Waals surface area contributed by atoms with Crippen LogP contribution in [0.15, 0.2) is 48.5 Å². The zero-order valence-electron chi connectivity index (χ0n) is 17.5. The highest BCUT2D eigenvalue weighted by Gasteiger charge is 2.49. The van der Waals surface area contributed by atoms with Gasteiger partial charge in [0.25, 0.3) is 5.91 Å². The maximum atomic E-state index is 13.0. The Morgan fingerprint density at radius 1 is 1.06 bits per heavy atom. The van der Waals surface area contributed by atoms with E-state index >= 15 is 0 Å². The fraction of sp³-hybridized carbons (Fsp3) is 0.304. The summed E-state index contributed by atoms with van der Waals surface area (Å²) in [6.07, 6.45) is 1.39. The molecule has 31 heavy (non-hydrogen) atoms. The van der Waals surface area contributed by atoms with E-state index in [2.05, 4.69) is 10.6 Å². The Hall–Kier alpha value is -3.68. The number of carbonyl (C=O) groups excluding carboxylic acids is 4. The molecule has 2 aliphatic rings. The van der Waals surface area contributed by atoms with E-state index in [-0.39, 0.29) is 5.91 Å². The van der Waals surface area contributed by atoms with Crippen molar-refractivity contribution < 1.29 is 19.2 Å². The third kappa shape index (κ3) is 3.88. The Morgan fingerprint density at radius 3 is 2.35 bits per heavy atom. The number of amides is 5. The molecule has 160 valence electrons. The molecule has 2 N–H and O–H groups in total. The molecule has 2 aliphatic heterocycles. The summed E-state index contributed by atoms with van der Waals surface area (Å²) in [6, 6.07) is 13.6. The summed E-state index contributed by atoms with van der Waals surface area (Å²) in [4.78, 5) is 52.4. The molecule has 0 saturated carbocycles. The number of rotatable bonds is 5. The Bertz CT molecular complexity index is 1050. The van der Waals surface area contributed by atoms with Crippen molar-refractivity contribution in [3.05, 3.63) is 59.7 Å². The van der Waals surface area contributed by atoms with E-state index in [9.17, 15) is 19.2 Å². The van der Waals surface area contributed by atoms with Crippen LogP contribution in [-0.4, -0.2) is 41.7 Å². The molecule has 0 aliphatic carbocycles. The SMILES string of the molecule is Cc1ccc([C@]2(C)NC(=O)N(CC(=O)Nc3ccc(N4CCCC4=O)cc3)C2=O)cc1. The van der Waals surface area contributed by atoms with Gasteiger partial charge in [0, 0.05) is 24.3 Å². The fourth-order valence-corrected chi connectivity index (χ4v) is 3.91. The summed E-state index contributed by atoms with van der Waals surface area (Å²) in [5.41, 5.74) is 1.79. The van der Waals surface area contributed by atoms with Crippen LogP contribution < -0.4 is 15.5 Å². The minimum Gasteiger partial charge on any atom is -0.325 e. The van der Waals surface area contributed by atoms with Crippen LogP contribution in [-0.2, 0) is 19.9 Å². The molecular weight excluding hydrogens is 396 g/mol. The smallest absolute Gasteiger partial charge is 0.325 e. The van der Waals surface area contributed by atoms with Crippen molar-refractivity contribution in [1.29, 1.82) is 0 Å². The summed E-state index contributed by atoms with van der Waals surface area (Å²) in [5.74, 6) is -0.868. The first-order chi connectivity index (χ1) is 14.8. The highest BCUT2D eigenvalue weighted by molar-refractivity contribution is 6.10. The molecule has 0 radical (unpaired) electrons. The lowest BCUT2D eigenvalue weighted by Gasteiger charge is -2.22. The van der Waals surface area contributed by atoms with E-state index < -0.39 is 29.9 Å². The predicted octanol–water partition coefficient (Wildman–Crippen LogP) is 2.53. The van der Waals surface area contributed by atoms with Gasteiger partial charge in [-0.05, 0) is 50.1 Å². The van der Waals surface area contributed by atoms with E-state index in [1.807, 2.05) is 19.1 Å². The number of aryl methyl sites for hydroxylation is 1. The molecule has 2 aromatic carbocycles. The molecular formula is C23H24N4O4. The molecule has 2 aromatic rings. The Labute approximate surface area is 180 Å². The molecule has 0 unspecified atom stereocenters. The van der Waals surface area contributed by atoms with Gasteiger partial charge in [-0.3, -0.25) is 19.3 Å². The molecule has 4 rings (SSSR count). The zero-order chi connectivity index (χ0) is 22.2. The molecule has 8 nitrogen and oxygen atoms in total. The number of hydrogen-bond acceptors (Lipinski definition) is 4. The van der Waals surface area contributed by atoms with Crippen LogP contribution in [0.1, 0.15) is 30.9 Å². The molecule has 2 saturated heterocycles. The largest absolute Gasteiger partial charge is 0.325 e. The number of anilines is 2. The molecule has 0 aromatic heterocycles. The lowest BCUT2D eigenvalue weighted by atomic mass is 9.91. The Balaban J connectivity index is 1.41. The maximum Gasteiger partial charge on any atom is 0.325 e. The number of hydrogen-bond donors (Lipinski definition) is 2. The van der Waals surface area contributed by atoms with Crippen LogP contribution in [0.5, 0.6) is 0 Å². The molecule has 2 heterocycles. The quantitative estimate of drug-likeness (QED) is 0.726. The van der Waals surface area contributed by atoms with Gasteiger partial charge < -0.3 is 15.5 Å². The third-order valence-electron chi connectivity index (χ3n) is 5.74. The fourth-order valence-electron chi connectivity index (χ4n) is 3.91. The van der Waals surface area contributed by atoms with Crippen molar-refractivity contribution in [2.45, 2.75) is 32.2 Å². The third-order valence-corrected chi connectivity index (χ3v) is 5.74. The first-order valence-corrected chi connectivity index (χ1v) is 10.2. The van der Waals surface area contributed by atoms with Crippen LogP contribution in [0, 0.1) is 6.92 Å². The highest BCUT2D eigenvalue weighted by atomic mass is 16.2. The minimum atomic E-state index is -1.21. The van der Waals surface area contributed by atoms with Gasteiger partial charge in [-0.25, -0.2) is 4.79 Å². The Morgan fingerprint density at radius 2 is 1.74 bits per heavy atom. The number of imide groups is 1. The van der Waals surface area contributed by atoms with Crippen LogP contribution in [0.25, 0.3) is 0 Å². The van der Waals surface area contributed by atoms with E-state index in [0.29, 0.717) is 24.2 Å². The first-order valence-electron chi connectivity index (χ1n) is 10.2. The lowest BCUT2D eigenvalue weighted by molar-refractivity contribution is -0.133. The number of nitrogens with one attached hydrogen (secondary N) is 2. The van der Waals surface area contributed by atoms with Crippen LogP contribution in [0.2, 0.25) is 0 Å². The van der Waals surface area contributed by atoms with Crippen molar-refractivity contribution in [1.82, 2.24) is 10.2 Å². The molecule has 2 fully saturated rings. The van der Waals surface area contributed by atoms with Gasteiger partial charge in [0.2, 0.25) is 11.8 Å². The highest BCUT2D eigenvalue weighted by Crippen LogP contribution is 2.29. The average molecular weight is 420 g/mol. The molecule has 0 bridgehead atoms. The maximum absolute atomic E-state index is 13.0. The summed E-state index contributed by atoms with van der Waals surface area (Å²) in [7, 11) is 0. The Kier molecular flexibility index (Phi) is 5.22. The minimum absolute atomic E-state index is 0.0898. The monoisotopic (exact) mass is 420 g/mol. The van der Waals surface area contributed by atoms with E-state index in [4.69, 9.17) is 0 Å². The van der Waals surface area contributed by atoms with Gasteiger partial charge in [-0.1, -0.05) is 29.8 Å². The molecule has 5 amide bonds. The van der Waals surface area contributed by atoms with Crippen LogP contribution >= 0.6 is 0 Å². The second-order valence-corrected chi connectivity index (χ2v) is 8.06. The average Bonchev–Trinajstić information content (AvgIpc) is 3.26. The second kappa shape index (κ2) is 7.86. The van der Waals surface area contributed by atoms with Gasteiger partial charge in [0.1, 0.15) is 12.1 Å². The summed E-state index contributed by atoms with van der Waals surface area (Å²) >= 11 is 0. The normalized spacial score (nSPS) is 20.9. The second-order valence-electron chi connectivity index (χ2n) is 8.06. The van der Waals surface area contributed by atoms with E-state index in [0.717, 1.165) is 22.6 Å². The van der Waals surface area contributed by atoms with Gasteiger partial charge in [-0.15, -0.1) is 0 Å². The first kappa shape index (κ1) is 20.6. The van der Waals surface area contributed by atoms with Gasteiger partial charge >= 0.3 is 6.03 Å². The predicted molar refractivity (Wildman–Crippen MR) is 115 cm³/mol. The molecule has 8 heteroatoms. The van der Waals surface area contributed by atoms with Crippen molar-refractivity contribution in [3.63, 3.8) is 0 Å². The molecule has 1 atom stereocenters. The van der Waals surface area contributed by atoms with Crippen molar-refractivity contribution in [3.8, 4) is 0 Å². The zero-order valence-corrected chi connectivity index (χ0v) is 17.5. The van der Waals surface area contributed by atoms with Gasteiger partial charge in [-0.2, -0.15) is 0 Å². The van der Waals surface area contributed by atoms with Crippen molar-refractivity contribution >= 4 is 35.1 Å². The topological polar surface area (TPSA) is 98.8 Å². The number of carbonyl (C=O) groups is 4. The van der Waals surface area contributed by atoms with Crippen molar-refractivity contribution in [2.75, 3.05) is 23.3 Å². The number of urea groups is 1. The summed E-state index contributed by atoms with van der Waals surface area (Å²) < 4.78 is 0.